The van der Waals surface area contributed by atoms with Gasteiger partial charge in [0.1, 0.15) is 12.1 Å². The van der Waals surface area contributed by atoms with E-state index in [1.807, 2.05) is 0 Å². The van der Waals surface area contributed by atoms with E-state index in [9.17, 15) is 13.6 Å². The van der Waals surface area contributed by atoms with Crippen molar-refractivity contribution in [3.63, 3.8) is 0 Å². The Labute approximate surface area is 84.8 Å². The van der Waals surface area contributed by atoms with Gasteiger partial charge in [0, 0.05) is 0 Å². The second kappa shape index (κ2) is 3.29. The second-order valence-electron chi connectivity index (χ2n) is 3.42. The molecule has 4 nitrogen and oxygen atoms in total. The number of esters is 1. The third-order valence-corrected chi connectivity index (χ3v) is 2.25. The molecule has 2 heterocycles. The van der Waals surface area contributed by atoms with Crippen LogP contribution in [0.15, 0.2) is 6.20 Å². The number of nitrogens with zero attached hydrogens (tertiary/aromatic N) is 2. The smallest absolute Gasteiger partial charge is 0.341 e. The SMILES string of the molecule is CCOC(=O)c1cnn2c1CC(F)(F)C2. The fourth-order valence-corrected chi connectivity index (χ4v) is 1.63. The molecule has 0 atom stereocenters. The summed E-state index contributed by atoms with van der Waals surface area (Å²) in [4.78, 5) is 11.4. The minimum atomic E-state index is -2.80. The molecule has 0 saturated heterocycles. The van der Waals surface area contributed by atoms with E-state index in [4.69, 9.17) is 4.74 Å². The third kappa shape index (κ3) is 1.71. The average molecular weight is 216 g/mol. The van der Waals surface area contributed by atoms with Crippen molar-refractivity contribution in [1.82, 2.24) is 9.78 Å². The lowest BCUT2D eigenvalue weighted by Gasteiger charge is -2.05. The summed E-state index contributed by atoms with van der Waals surface area (Å²) < 4.78 is 31.9. The Hall–Kier alpha value is -1.46. The molecule has 0 bridgehead atoms. The fourth-order valence-electron chi connectivity index (χ4n) is 1.63. The molecule has 0 aliphatic carbocycles. The molecule has 1 aliphatic rings. The van der Waals surface area contributed by atoms with Crippen molar-refractivity contribution in [2.24, 2.45) is 0 Å². The van der Waals surface area contributed by atoms with Crippen LogP contribution in [-0.2, 0) is 17.7 Å². The van der Waals surface area contributed by atoms with Gasteiger partial charge in [-0.1, -0.05) is 0 Å². The lowest BCUT2D eigenvalue weighted by Crippen LogP contribution is -2.18. The predicted octanol–water partition coefficient (Wildman–Crippen LogP) is 1.25. The summed E-state index contributed by atoms with van der Waals surface area (Å²) in [7, 11) is 0. The van der Waals surface area contributed by atoms with Crippen molar-refractivity contribution in [1.29, 1.82) is 0 Å². The Bertz CT molecular complexity index is 401. The molecular weight excluding hydrogens is 206 g/mol. The zero-order valence-electron chi connectivity index (χ0n) is 8.17. The molecule has 1 aromatic heterocycles. The molecule has 0 radical (unpaired) electrons. The van der Waals surface area contributed by atoms with E-state index in [2.05, 4.69) is 5.10 Å². The molecule has 1 aromatic rings. The molecule has 0 fully saturated rings. The number of hydrogen-bond donors (Lipinski definition) is 0. The van der Waals surface area contributed by atoms with Crippen LogP contribution in [0.3, 0.4) is 0 Å². The Morgan fingerprint density at radius 2 is 2.47 bits per heavy atom. The summed E-state index contributed by atoms with van der Waals surface area (Å²) in [6.45, 7) is 1.43. The van der Waals surface area contributed by atoms with Gasteiger partial charge in [-0.2, -0.15) is 5.10 Å². The minimum Gasteiger partial charge on any atom is -0.462 e. The summed E-state index contributed by atoms with van der Waals surface area (Å²) in [6.07, 6.45) is 0.837. The molecule has 0 N–H and O–H groups in total. The Balaban J connectivity index is 2.27. The molecular formula is C9H10F2N2O2. The van der Waals surface area contributed by atoms with E-state index in [-0.39, 0.29) is 17.9 Å². The van der Waals surface area contributed by atoms with Gasteiger partial charge in [0.25, 0.3) is 5.92 Å². The maximum atomic E-state index is 13.0. The van der Waals surface area contributed by atoms with Crippen LogP contribution >= 0.6 is 0 Å². The summed E-state index contributed by atoms with van der Waals surface area (Å²) in [5.41, 5.74) is 0.410. The van der Waals surface area contributed by atoms with Crippen LogP contribution in [0.1, 0.15) is 23.0 Å². The molecule has 2 rings (SSSR count). The molecule has 82 valence electrons. The van der Waals surface area contributed by atoms with E-state index < -0.39 is 24.9 Å². The molecule has 1 aliphatic heterocycles. The summed E-state index contributed by atoms with van der Waals surface area (Å²) in [5.74, 6) is -3.39. The first-order chi connectivity index (χ1) is 7.03. The lowest BCUT2D eigenvalue weighted by molar-refractivity contribution is 0.000880. The molecule has 0 spiro atoms. The van der Waals surface area contributed by atoms with Gasteiger partial charge in [0.05, 0.1) is 24.9 Å². The van der Waals surface area contributed by atoms with Crippen LogP contribution in [0, 0.1) is 0 Å². The van der Waals surface area contributed by atoms with Gasteiger partial charge < -0.3 is 4.74 Å². The summed E-state index contributed by atoms with van der Waals surface area (Å²) in [6, 6.07) is 0. The van der Waals surface area contributed by atoms with E-state index in [0.717, 1.165) is 4.68 Å². The molecule has 0 amide bonds. The van der Waals surface area contributed by atoms with Gasteiger partial charge >= 0.3 is 5.97 Å². The first-order valence-corrected chi connectivity index (χ1v) is 4.63. The standard InChI is InChI=1S/C9H10F2N2O2/c1-2-15-8(14)6-4-12-13-5-9(10,11)3-7(6)13/h4H,2-3,5H2,1H3. The zero-order valence-corrected chi connectivity index (χ0v) is 8.17. The van der Waals surface area contributed by atoms with Crippen LogP contribution in [0.4, 0.5) is 8.78 Å². The highest BCUT2D eigenvalue weighted by atomic mass is 19.3. The van der Waals surface area contributed by atoms with Crippen LogP contribution in [-0.4, -0.2) is 28.3 Å². The topological polar surface area (TPSA) is 44.1 Å². The van der Waals surface area contributed by atoms with Crippen molar-refractivity contribution in [3.8, 4) is 0 Å². The van der Waals surface area contributed by atoms with Crippen molar-refractivity contribution >= 4 is 5.97 Å². The molecule has 15 heavy (non-hydrogen) atoms. The van der Waals surface area contributed by atoms with Gasteiger partial charge in [-0.25, -0.2) is 13.6 Å². The highest BCUT2D eigenvalue weighted by Crippen LogP contribution is 2.31. The second-order valence-corrected chi connectivity index (χ2v) is 3.42. The maximum Gasteiger partial charge on any atom is 0.341 e. The van der Waals surface area contributed by atoms with E-state index in [1.165, 1.54) is 6.20 Å². The van der Waals surface area contributed by atoms with Gasteiger partial charge in [0.15, 0.2) is 0 Å². The highest BCUT2D eigenvalue weighted by molar-refractivity contribution is 5.90. The number of halogens is 2. The number of alkyl halides is 2. The van der Waals surface area contributed by atoms with Crippen LogP contribution < -0.4 is 0 Å². The third-order valence-electron chi connectivity index (χ3n) is 2.25. The van der Waals surface area contributed by atoms with E-state index in [1.54, 1.807) is 6.92 Å². The maximum absolute atomic E-state index is 13.0. The average Bonchev–Trinajstić information content (AvgIpc) is 2.59. The summed E-state index contributed by atoms with van der Waals surface area (Å²) in [5, 5.41) is 3.73. The molecule has 0 aromatic carbocycles. The quantitative estimate of drug-likeness (QED) is 0.699. The highest BCUT2D eigenvalue weighted by Gasteiger charge is 2.41. The molecule has 0 saturated carbocycles. The van der Waals surface area contributed by atoms with Gasteiger partial charge in [-0.05, 0) is 6.92 Å². The summed E-state index contributed by atoms with van der Waals surface area (Å²) >= 11 is 0. The van der Waals surface area contributed by atoms with Crippen molar-refractivity contribution in [2.75, 3.05) is 6.61 Å². The Kier molecular flexibility index (Phi) is 2.21. The van der Waals surface area contributed by atoms with Crippen molar-refractivity contribution < 1.29 is 18.3 Å². The molecule has 6 heteroatoms. The number of aromatic nitrogens is 2. The number of carbonyl (C=O) groups is 1. The first kappa shape index (κ1) is 10.1. The largest absolute Gasteiger partial charge is 0.462 e. The zero-order chi connectivity index (χ0) is 11.1. The van der Waals surface area contributed by atoms with E-state index in [0.29, 0.717) is 0 Å². The normalized spacial score (nSPS) is 17.5. The van der Waals surface area contributed by atoms with Crippen LogP contribution in [0.5, 0.6) is 0 Å². The van der Waals surface area contributed by atoms with Gasteiger partial charge in [0.2, 0.25) is 0 Å². The van der Waals surface area contributed by atoms with E-state index >= 15 is 0 Å². The monoisotopic (exact) mass is 216 g/mol. The van der Waals surface area contributed by atoms with Gasteiger partial charge in [-0.3, -0.25) is 4.68 Å². The van der Waals surface area contributed by atoms with Gasteiger partial charge in [-0.15, -0.1) is 0 Å². The number of carbonyl (C=O) groups excluding carboxylic acids is 1. The first-order valence-electron chi connectivity index (χ1n) is 4.63. The molecule has 0 unspecified atom stereocenters. The Morgan fingerprint density at radius 3 is 3.13 bits per heavy atom. The number of rotatable bonds is 2. The lowest BCUT2D eigenvalue weighted by atomic mass is 10.1. The minimum absolute atomic E-state index is 0.147. The fraction of sp³-hybridized carbons (Fsp3) is 0.556. The van der Waals surface area contributed by atoms with Crippen LogP contribution in [0.2, 0.25) is 0 Å². The van der Waals surface area contributed by atoms with Crippen molar-refractivity contribution in [2.45, 2.75) is 25.8 Å². The number of fused-ring (bicyclic) bond motifs is 1. The van der Waals surface area contributed by atoms with Crippen molar-refractivity contribution in [3.05, 3.63) is 17.5 Å². The number of hydrogen-bond acceptors (Lipinski definition) is 3. The predicted molar refractivity (Wildman–Crippen MR) is 46.8 cm³/mol. The Morgan fingerprint density at radius 1 is 1.73 bits per heavy atom. The van der Waals surface area contributed by atoms with Crippen LogP contribution in [0.25, 0.3) is 0 Å². The number of ether oxygens (including phenoxy) is 1.